The lowest BCUT2D eigenvalue weighted by molar-refractivity contribution is -0.120. The first-order chi connectivity index (χ1) is 20.5. The zero-order valence-electron chi connectivity index (χ0n) is 26.1. The van der Waals surface area contributed by atoms with Crippen molar-refractivity contribution >= 4 is 23.3 Å². The van der Waals surface area contributed by atoms with E-state index in [1.165, 1.54) is 13.0 Å². The molecule has 11 heteroatoms. The third-order valence-corrected chi connectivity index (χ3v) is 8.09. The molecule has 2 amide bonds. The second-order valence-corrected chi connectivity index (χ2v) is 10.9. The van der Waals surface area contributed by atoms with Gasteiger partial charge in [0.25, 0.3) is 0 Å². The van der Waals surface area contributed by atoms with Crippen molar-refractivity contribution < 1.29 is 23.8 Å². The minimum Gasteiger partial charge on any atom is -0.493 e. The number of carbonyl (C=O) groups excluding carboxylic acids is 2. The third-order valence-electron chi connectivity index (χ3n) is 8.09. The van der Waals surface area contributed by atoms with Crippen LogP contribution >= 0.6 is 0 Å². The Morgan fingerprint density at radius 1 is 1.09 bits per heavy atom. The summed E-state index contributed by atoms with van der Waals surface area (Å²) in [7, 11) is 6.47. The van der Waals surface area contributed by atoms with Crippen molar-refractivity contribution in [3.05, 3.63) is 57.4 Å². The molecule has 0 spiro atoms. The topological polar surface area (TPSA) is 133 Å². The molecule has 230 valence electrons. The number of nitrogens with one attached hydrogen (secondary N) is 3. The number of ether oxygens (including phenoxy) is 3. The van der Waals surface area contributed by atoms with Crippen LogP contribution in [0.25, 0.3) is 11.1 Å². The summed E-state index contributed by atoms with van der Waals surface area (Å²) in [6.45, 7) is 7.30. The molecular weight excluding hydrogens is 550 g/mol. The number of methoxy groups -OCH3 is 3. The van der Waals surface area contributed by atoms with Gasteiger partial charge in [-0.15, -0.1) is 0 Å². The van der Waals surface area contributed by atoms with Crippen LogP contribution in [0.2, 0.25) is 0 Å². The molecule has 1 heterocycles. The summed E-state index contributed by atoms with van der Waals surface area (Å²) in [5.41, 5.74) is 3.89. The van der Waals surface area contributed by atoms with Crippen LogP contribution in [0.3, 0.4) is 0 Å². The molecule has 0 bridgehead atoms. The zero-order chi connectivity index (χ0) is 31.4. The first kappa shape index (κ1) is 31.4. The lowest BCUT2D eigenvalue weighted by Gasteiger charge is -2.23. The monoisotopic (exact) mass is 591 g/mol. The van der Waals surface area contributed by atoms with Crippen molar-refractivity contribution in [2.45, 2.75) is 59.0 Å². The number of aromatic nitrogens is 2. The van der Waals surface area contributed by atoms with Gasteiger partial charge in [-0.25, -0.2) is 0 Å². The third kappa shape index (κ3) is 6.45. The normalized spacial score (nSPS) is 15.2. The lowest BCUT2D eigenvalue weighted by Crippen LogP contribution is -2.40. The summed E-state index contributed by atoms with van der Waals surface area (Å²) in [6.07, 6.45) is 1.84. The first-order valence-electron chi connectivity index (χ1n) is 14.4. The summed E-state index contributed by atoms with van der Waals surface area (Å²) in [5, 5.41) is 13.5. The van der Waals surface area contributed by atoms with Crippen LogP contribution in [0.1, 0.15) is 56.5 Å². The molecule has 3 aromatic rings. The van der Waals surface area contributed by atoms with Gasteiger partial charge in [0.2, 0.25) is 23.0 Å². The van der Waals surface area contributed by atoms with Crippen LogP contribution in [-0.4, -0.2) is 49.0 Å². The Balaban J connectivity index is 1.86. The van der Waals surface area contributed by atoms with Crippen molar-refractivity contribution in [1.82, 2.24) is 15.1 Å². The van der Waals surface area contributed by atoms with Crippen molar-refractivity contribution in [2.75, 3.05) is 32.0 Å². The Bertz CT molecular complexity index is 1560. The fourth-order valence-corrected chi connectivity index (χ4v) is 5.52. The number of fused-ring (bicyclic) bond motifs is 3. The number of aryl methyl sites for hydroxylation is 3. The van der Waals surface area contributed by atoms with Crippen molar-refractivity contribution in [2.24, 2.45) is 13.0 Å². The summed E-state index contributed by atoms with van der Waals surface area (Å²) in [5.74, 6) is 1.27. The van der Waals surface area contributed by atoms with Gasteiger partial charge in [-0.3, -0.25) is 19.1 Å². The Morgan fingerprint density at radius 3 is 2.40 bits per heavy atom. The molecule has 3 N–H and O–H groups in total. The number of benzene rings is 1. The average molecular weight is 592 g/mol. The Hall–Kier alpha value is -4.54. The minimum absolute atomic E-state index is 0.0998. The van der Waals surface area contributed by atoms with Gasteiger partial charge in [0.05, 0.1) is 33.1 Å². The molecule has 2 aromatic carbocycles. The number of nitrogens with zero attached hydrogens (tertiary/aromatic N) is 2. The molecule has 1 aliphatic carbocycles. The predicted octanol–water partition coefficient (Wildman–Crippen LogP) is 4.37. The molecule has 3 atom stereocenters. The highest BCUT2D eigenvalue weighted by Gasteiger charge is 2.30. The van der Waals surface area contributed by atoms with Gasteiger partial charge in [0, 0.05) is 31.3 Å². The van der Waals surface area contributed by atoms with E-state index >= 15 is 0 Å². The molecular formula is C32H41N5O6. The fourth-order valence-electron chi connectivity index (χ4n) is 5.52. The number of hydrogen-bond donors (Lipinski definition) is 3. The quantitative estimate of drug-likeness (QED) is 0.317. The highest BCUT2D eigenvalue weighted by Crippen LogP contribution is 2.50. The molecule has 0 radical (unpaired) electrons. The van der Waals surface area contributed by atoms with E-state index in [1.54, 1.807) is 45.2 Å². The fraction of sp³-hybridized carbons (Fsp3) is 0.438. The summed E-state index contributed by atoms with van der Waals surface area (Å²) in [4.78, 5) is 39.5. The molecule has 11 nitrogen and oxygen atoms in total. The van der Waals surface area contributed by atoms with Crippen LogP contribution < -0.4 is 35.6 Å². The first-order valence-corrected chi connectivity index (χ1v) is 14.4. The largest absolute Gasteiger partial charge is 0.493 e. The van der Waals surface area contributed by atoms with E-state index in [9.17, 15) is 14.4 Å². The van der Waals surface area contributed by atoms with Crippen LogP contribution in [0.4, 0.5) is 11.5 Å². The smallest absolute Gasteiger partial charge is 0.248 e. The number of carbonyl (C=O) groups is 2. The second kappa shape index (κ2) is 13.2. The van der Waals surface area contributed by atoms with E-state index in [0.717, 1.165) is 16.8 Å². The summed E-state index contributed by atoms with van der Waals surface area (Å²) in [6, 6.07) is 7.61. The van der Waals surface area contributed by atoms with Gasteiger partial charge in [-0.05, 0) is 60.6 Å². The summed E-state index contributed by atoms with van der Waals surface area (Å²) < 4.78 is 18.8. The van der Waals surface area contributed by atoms with E-state index in [2.05, 4.69) is 21.0 Å². The van der Waals surface area contributed by atoms with Crippen LogP contribution in [0, 0.1) is 12.8 Å². The van der Waals surface area contributed by atoms with Gasteiger partial charge >= 0.3 is 0 Å². The van der Waals surface area contributed by atoms with E-state index in [-0.39, 0.29) is 28.8 Å². The molecule has 4 rings (SSSR count). The lowest BCUT2D eigenvalue weighted by atomic mass is 9.95. The SMILES string of the molecule is CC[C@@H](C)[C@H](Nc1ccc2c(cc1=O)[C@@H](NC(C)=O)CCc1cc(OC)c(OC)c(OC)c1-2)C(=O)Nc1cc(C)n(C)n1. The molecule has 1 aliphatic rings. The summed E-state index contributed by atoms with van der Waals surface area (Å²) >= 11 is 0. The standard InChI is InChI=1S/C32H41N5O6/c1-9-17(2)29(32(40)35-27-14-18(3)37(5)36-27)34-24-13-11-21-22(16-25(24)39)23(33-19(4)38)12-10-20-15-26(41-6)30(42-7)31(43-8)28(20)21/h11,13-17,23,29H,9-10,12H2,1-8H3,(H,33,38)(H,34,39)(H,35,36,40)/t17-,23+,29+/m1/s1. The zero-order valence-corrected chi connectivity index (χ0v) is 26.1. The second-order valence-electron chi connectivity index (χ2n) is 10.9. The van der Waals surface area contributed by atoms with E-state index in [1.807, 2.05) is 32.9 Å². The van der Waals surface area contributed by atoms with Gasteiger partial charge < -0.3 is 30.2 Å². The maximum atomic E-state index is 13.8. The highest BCUT2D eigenvalue weighted by molar-refractivity contribution is 5.96. The van der Waals surface area contributed by atoms with Crippen molar-refractivity contribution in [3.63, 3.8) is 0 Å². The average Bonchev–Trinajstić information content (AvgIpc) is 3.11. The van der Waals surface area contributed by atoms with Gasteiger partial charge in [0.15, 0.2) is 17.3 Å². The molecule has 0 fully saturated rings. The van der Waals surface area contributed by atoms with E-state index in [0.29, 0.717) is 53.5 Å². The number of amides is 2. The predicted molar refractivity (Wildman–Crippen MR) is 166 cm³/mol. The molecule has 0 saturated heterocycles. The number of anilines is 2. The van der Waals surface area contributed by atoms with Crippen molar-refractivity contribution in [3.8, 4) is 28.4 Å². The van der Waals surface area contributed by atoms with Crippen LogP contribution in [0.15, 0.2) is 35.1 Å². The molecule has 0 aliphatic heterocycles. The van der Waals surface area contributed by atoms with Gasteiger partial charge in [-0.2, -0.15) is 5.10 Å². The highest BCUT2D eigenvalue weighted by atomic mass is 16.5. The molecule has 43 heavy (non-hydrogen) atoms. The maximum absolute atomic E-state index is 13.8. The Labute approximate surface area is 251 Å². The van der Waals surface area contributed by atoms with Crippen LogP contribution in [0.5, 0.6) is 17.2 Å². The van der Waals surface area contributed by atoms with Crippen LogP contribution in [-0.2, 0) is 23.1 Å². The molecule has 0 unspecified atom stereocenters. The number of hydrogen-bond acceptors (Lipinski definition) is 8. The Morgan fingerprint density at radius 2 is 1.81 bits per heavy atom. The van der Waals surface area contributed by atoms with Gasteiger partial charge in [-0.1, -0.05) is 26.3 Å². The minimum atomic E-state index is -0.709. The van der Waals surface area contributed by atoms with E-state index in [4.69, 9.17) is 14.2 Å². The number of rotatable bonds is 10. The molecule has 0 saturated carbocycles. The van der Waals surface area contributed by atoms with E-state index < -0.39 is 12.1 Å². The van der Waals surface area contributed by atoms with Crippen molar-refractivity contribution in [1.29, 1.82) is 0 Å². The Kier molecular flexibility index (Phi) is 9.63. The molecule has 1 aromatic heterocycles. The van der Waals surface area contributed by atoms with Gasteiger partial charge in [0.1, 0.15) is 6.04 Å². The maximum Gasteiger partial charge on any atom is 0.248 e.